The van der Waals surface area contributed by atoms with Crippen LogP contribution in [0.1, 0.15) is 29.9 Å². The number of aliphatic hydroxyl groups is 1. The molecule has 0 bridgehead atoms. The van der Waals surface area contributed by atoms with Crippen LogP contribution in [0, 0.1) is 5.82 Å². The first-order valence-corrected chi connectivity index (χ1v) is 5.10. The van der Waals surface area contributed by atoms with E-state index in [1.165, 1.54) is 0 Å². The number of hydrogen-bond acceptors (Lipinski definition) is 1. The van der Waals surface area contributed by atoms with Crippen molar-refractivity contribution >= 4 is 15.9 Å². The number of hydrogen-bond donors (Lipinski definition) is 1. The van der Waals surface area contributed by atoms with E-state index in [4.69, 9.17) is 5.11 Å². The summed E-state index contributed by atoms with van der Waals surface area (Å²) in [6, 6.07) is 3.44. The highest BCUT2D eigenvalue weighted by Crippen LogP contribution is 2.41. The van der Waals surface area contributed by atoms with Crippen molar-refractivity contribution in [2.24, 2.45) is 0 Å². The predicted molar refractivity (Wildman–Crippen MR) is 52.0 cm³/mol. The largest absolute Gasteiger partial charge is 0.392 e. The molecule has 1 aromatic rings. The maximum atomic E-state index is 13.3. The Morgan fingerprint density at radius 1 is 1.46 bits per heavy atom. The number of benzene rings is 1. The minimum absolute atomic E-state index is 0.113. The Balaban J connectivity index is 2.43. The molecule has 1 aromatic carbocycles. The lowest BCUT2D eigenvalue weighted by molar-refractivity contribution is 0.280. The standard InChI is InChI=1S/C10H10BrFO/c11-10-8(5-13)3-7(4-9(10)12)6-1-2-6/h3-4,6,13H,1-2,5H2. The molecule has 0 amide bonds. The van der Waals surface area contributed by atoms with Gasteiger partial charge in [0.2, 0.25) is 0 Å². The fourth-order valence-electron chi connectivity index (χ4n) is 1.44. The van der Waals surface area contributed by atoms with Gasteiger partial charge in [0.25, 0.3) is 0 Å². The third-order valence-electron chi connectivity index (χ3n) is 2.34. The Kier molecular flexibility index (Phi) is 2.39. The second kappa shape index (κ2) is 3.39. The fourth-order valence-corrected chi connectivity index (χ4v) is 1.79. The molecule has 2 rings (SSSR count). The minimum Gasteiger partial charge on any atom is -0.392 e. The quantitative estimate of drug-likeness (QED) is 0.849. The van der Waals surface area contributed by atoms with E-state index in [9.17, 15) is 4.39 Å². The molecule has 1 aliphatic rings. The van der Waals surface area contributed by atoms with Gasteiger partial charge < -0.3 is 5.11 Å². The Bertz CT molecular complexity index is 334. The van der Waals surface area contributed by atoms with Crippen LogP contribution in [0.4, 0.5) is 4.39 Å². The molecule has 1 nitrogen and oxygen atoms in total. The molecule has 0 aromatic heterocycles. The van der Waals surface area contributed by atoms with Gasteiger partial charge in [-0.15, -0.1) is 0 Å². The minimum atomic E-state index is -0.270. The summed E-state index contributed by atoms with van der Waals surface area (Å²) >= 11 is 3.11. The molecule has 1 N–H and O–H groups in total. The van der Waals surface area contributed by atoms with Crippen molar-refractivity contribution in [3.8, 4) is 0 Å². The highest BCUT2D eigenvalue weighted by Gasteiger charge is 2.25. The Morgan fingerprint density at radius 3 is 2.69 bits per heavy atom. The van der Waals surface area contributed by atoms with Crippen LogP contribution in [-0.2, 0) is 6.61 Å². The summed E-state index contributed by atoms with van der Waals surface area (Å²) in [7, 11) is 0. The number of rotatable bonds is 2. The molecule has 0 unspecified atom stereocenters. The van der Waals surface area contributed by atoms with Gasteiger partial charge in [0.1, 0.15) is 5.82 Å². The van der Waals surface area contributed by atoms with Crippen LogP contribution < -0.4 is 0 Å². The van der Waals surface area contributed by atoms with Gasteiger partial charge in [-0.1, -0.05) is 6.07 Å². The molecule has 1 aliphatic carbocycles. The lowest BCUT2D eigenvalue weighted by Gasteiger charge is -2.05. The van der Waals surface area contributed by atoms with Crippen LogP contribution >= 0.6 is 15.9 Å². The van der Waals surface area contributed by atoms with E-state index >= 15 is 0 Å². The Morgan fingerprint density at radius 2 is 2.15 bits per heavy atom. The van der Waals surface area contributed by atoms with E-state index in [0.29, 0.717) is 16.0 Å². The molecule has 0 aliphatic heterocycles. The number of halogens is 2. The summed E-state index contributed by atoms with van der Waals surface area (Å²) in [4.78, 5) is 0. The van der Waals surface area contributed by atoms with E-state index in [0.717, 1.165) is 18.4 Å². The lowest BCUT2D eigenvalue weighted by atomic mass is 10.1. The summed E-state index contributed by atoms with van der Waals surface area (Å²) in [5, 5.41) is 8.97. The molecule has 0 saturated heterocycles. The van der Waals surface area contributed by atoms with Gasteiger partial charge in [0.15, 0.2) is 0 Å². The zero-order valence-corrected chi connectivity index (χ0v) is 8.64. The number of aliphatic hydroxyl groups excluding tert-OH is 1. The van der Waals surface area contributed by atoms with E-state index in [1.54, 1.807) is 6.07 Å². The third-order valence-corrected chi connectivity index (χ3v) is 3.23. The van der Waals surface area contributed by atoms with Crippen molar-refractivity contribution in [2.45, 2.75) is 25.4 Å². The van der Waals surface area contributed by atoms with Crippen LogP contribution in [0.3, 0.4) is 0 Å². The average molecular weight is 245 g/mol. The molecule has 70 valence electrons. The van der Waals surface area contributed by atoms with Gasteiger partial charge in [-0.2, -0.15) is 0 Å². The molecule has 13 heavy (non-hydrogen) atoms. The van der Waals surface area contributed by atoms with Crippen molar-refractivity contribution in [2.75, 3.05) is 0 Å². The molecule has 0 heterocycles. The van der Waals surface area contributed by atoms with Crippen LogP contribution in [0.15, 0.2) is 16.6 Å². The van der Waals surface area contributed by atoms with E-state index in [2.05, 4.69) is 15.9 Å². The maximum absolute atomic E-state index is 13.3. The Labute approximate surface area is 84.7 Å². The highest BCUT2D eigenvalue weighted by molar-refractivity contribution is 9.10. The van der Waals surface area contributed by atoms with Gasteiger partial charge in [-0.05, 0) is 51.9 Å². The predicted octanol–water partition coefficient (Wildman–Crippen LogP) is 2.96. The van der Waals surface area contributed by atoms with Crippen molar-refractivity contribution in [1.82, 2.24) is 0 Å². The topological polar surface area (TPSA) is 20.2 Å². The second-order valence-corrected chi connectivity index (χ2v) is 4.20. The maximum Gasteiger partial charge on any atom is 0.138 e. The van der Waals surface area contributed by atoms with E-state index in [1.807, 2.05) is 6.07 Å². The summed E-state index contributed by atoms with van der Waals surface area (Å²) in [6.45, 7) is -0.113. The average Bonchev–Trinajstić information content (AvgIpc) is 2.92. The highest BCUT2D eigenvalue weighted by atomic mass is 79.9. The molecular formula is C10H10BrFO. The van der Waals surface area contributed by atoms with Crippen molar-refractivity contribution in [3.63, 3.8) is 0 Å². The molecule has 3 heteroatoms. The SMILES string of the molecule is OCc1cc(C2CC2)cc(F)c1Br. The zero-order valence-electron chi connectivity index (χ0n) is 7.06. The molecule has 1 saturated carbocycles. The van der Waals surface area contributed by atoms with E-state index in [-0.39, 0.29) is 12.4 Å². The fraction of sp³-hybridized carbons (Fsp3) is 0.400. The van der Waals surface area contributed by atoms with Crippen molar-refractivity contribution in [1.29, 1.82) is 0 Å². The normalized spacial score (nSPS) is 16.2. The summed E-state index contributed by atoms with van der Waals surface area (Å²) < 4.78 is 13.6. The molecule has 0 radical (unpaired) electrons. The summed E-state index contributed by atoms with van der Waals surface area (Å²) in [5.41, 5.74) is 1.66. The third kappa shape index (κ3) is 1.76. The molecule has 0 atom stereocenters. The van der Waals surface area contributed by atoms with Gasteiger partial charge >= 0.3 is 0 Å². The van der Waals surface area contributed by atoms with Crippen LogP contribution in [-0.4, -0.2) is 5.11 Å². The summed E-state index contributed by atoms with van der Waals surface area (Å²) in [5.74, 6) is 0.251. The Hall–Kier alpha value is -0.410. The van der Waals surface area contributed by atoms with Gasteiger partial charge in [0.05, 0.1) is 11.1 Å². The lowest BCUT2D eigenvalue weighted by Crippen LogP contribution is -1.92. The van der Waals surface area contributed by atoms with E-state index < -0.39 is 0 Å². The second-order valence-electron chi connectivity index (χ2n) is 3.41. The van der Waals surface area contributed by atoms with Crippen molar-refractivity contribution in [3.05, 3.63) is 33.5 Å². The van der Waals surface area contributed by atoms with Crippen LogP contribution in [0.25, 0.3) is 0 Å². The van der Waals surface area contributed by atoms with Crippen molar-refractivity contribution < 1.29 is 9.50 Å². The smallest absolute Gasteiger partial charge is 0.138 e. The first-order chi connectivity index (χ1) is 6.22. The zero-order chi connectivity index (χ0) is 9.42. The summed E-state index contributed by atoms with van der Waals surface area (Å²) in [6.07, 6.45) is 2.29. The van der Waals surface area contributed by atoms with Crippen LogP contribution in [0.2, 0.25) is 0 Å². The molecule has 0 spiro atoms. The van der Waals surface area contributed by atoms with Gasteiger partial charge in [-0.3, -0.25) is 0 Å². The van der Waals surface area contributed by atoms with Crippen LogP contribution in [0.5, 0.6) is 0 Å². The first kappa shape index (κ1) is 9.16. The molecular weight excluding hydrogens is 235 g/mol. The monoisotopic (exact) mass is 244 g/mol. The van der Waals surface area contributed by atoms with Gasteiger partial charge in [-0.25, -0.2) is 4.39 Å². The first-order valence-electron chi connectivity index (χ1n) is 4.31. The van der Waals surface area contributed by atoms with Gasteiger partial charge in [0, 0.05) is 0 Å². The molecule has 1 fully saturated rings.